The van der Waals surface area contributed by atoms with Gasteiger partial charge in [-0.15, -0.1) is 0 Å². The number of nitrogens with zero attached hydrogens (tertiary/aromatic N) is 2. The van der Waals surface area contributed by atoms with E-state index in [4.69, 9.17) is 0 Å². The Morgan fingerprint density at radius 2 is 1.23 bits per heavy atom. The molecule has 2 heterocycles. The van der Waals surface area contributed by atoms with Crippen LogP contribution in [0.15, 0.2) is 72.9 Å². The van der Waals surface area contributed by atoms with E-state index in [2.05, 4.69) is 9.97 Å². The van der Waals surface area contributed by atoms with Crippen LogP contribution in [-0.2, 0) is 12.4 Å². The lowest BCUT2D eigenvalue weighted by Crippen LogP contribution is -2.15. The van der Waals surface area contributed by atoms with Gasteiger partial charge in [0.15, 0.2) is 0 Å². The van der Waals surface area contributed by atoms with Crippen LogP contribution in [0.4, 0.5) is 26.3 Å². The maximum Gasteiger partial charge on any atom is 0.433 e. The molecule has 0 saturated heterocycles. The first-order valence-electron chi connectivity index (χ1n) is 8.74. The molecule has 0 bridgehead atoms. The molecule has 0 aliphatic carbocycles. The Balaban J connectivity index is 1.89. The summed E-state index contributed by atoms with van der Waals surface area (Å²) in [5.74, 6) is 0. The van der Waals surface area contributed by atoms with E-state index in [0.29, 0.717) is 23.4 Å². The minimum absolute atomic E-state index is 0.195. The van der Waals surface area contributed by atoms with Gasteiger partial charge in [-0.2, -0.15) is 26.3 Å². The highest BCUT2D eigenvalue weighted by Crippen LogP contribution is 2.37. The quantitative estimate of drug-likeness (QED) is 0.328. The summed E-state index contributed by atoms with van der Waals surface area (Å²) < 4.78 is 78.8. The Morgan fingerprint density at radius 1 is 0.600 bits per heavy atom. The Labute approximate surface area is 166 Å². The summed E-state index contributed by atoms with van der Waals surface area (Å²) in [4.78, 5) is 7.11. The van der Waals surface area contributed by atoms with Crippen molar-refractivity contribution < 1.29 is 26.3 Å². The van der Waals surface area contributed by atoms with Gasteiger partial charge in [0, 0.05) is 17.1 Å². The first kappa shape index (κ1) is 19.9. The fourth-order valence-electron chi connectivity index (χ4n) is 3.18. The van der Waals surface area contributed by atoms with Crippen molar-refractivity contribution in [1.29, 1.82) is 0 Å². The molecule has 0 unspecified atom stereocenters. The normalized spacial score (nSPS) is 12.3. The second-order valence-corrected chi connectivity index (χ2v) is 6.58. The van der Waals surface area contributed by atoms with Crippen LogP contribution in [0.2, 0.25) is 0 Å². The molecule has 0 aliphatic heterocycles. The minimum atomic E-state index is -5.01. The monoisotopic (exact) mass is 418 g/mol. The Bertz CT molecular complexity index is 1190. The molecule has 0 atom stereocenters. The SMILES string of the molecule is FC(F)(F)c1cc(-c2cccc(-c3nccc4ccccc34)c2)cc(C(F)(F)F)n1. The van der Waals surface area contributed by atoms with E-state index in [1.165, 1.54) is 12.1 Å². The van der Waals surface area contributed by atoms with Gasteiger partial charge in [0.25, 0.3) is 0 Å². The smallest absolute Gasteiger partial charge is 0.256 e. The van der Waals surface area contributed by atoms with E-state index in [9.17, 15) is 26.3 Å². The van der Waals surface area contributed by atoms with Crippen molar-refractivity contribution in [2.75, 3.05) is 0 Å². The van der Waals surface area contributed by atoms with Gasteiger partial charge in [-0.25, -0.2) is 4.98 Å². The second-order valence-electron chi connectivity index (χ2n) is 6.58. The van der Waals surface area contributed by atoms with E-state index in [-0.39, 0.29) is 11.1 Å². The molecule has 2 aromatic carbocycles. The molecule has 4 aromatic rings. The molecule has 2 aromatic heterocycles. The van der Waals surface area contributed by atoms with Gasteiger partial charge >= 0.3 is 12.4 Å². The summed E-state index contributed by atoms with van der Waals surface area (Å²) in [6.07, 6.45) is -8.42. The summed E-state index contributed by atoms with van der Waals surface area (Å²) >= 11 is 0. The molecule has 2 nitrogen and oxygen atoms in total. The average Bonchev–Trinajstić information content (AvgIpc) is 2.72. The van der Waals surface area contributed by atoms with Crippen molar-refractivity contribution in [1.82, 2.24) is 9.97 Å². The van der Waals surface area contributed by atoms with E-state index in [1.807, 2.05) is 30.3 Å². The van der Waals surface area contributed by atoms with Crippen molar-refractivity contribution >= 4 is 10.8 Å². The van der Waals surface area contributed by atoms with Crippen LogP contribution in [0.25, 0.3) is 33.2 Å². The Hall–Kier alpha value is -3.42. The largest absolute Gasteiger partial charge is 0.433 e. The zero-order valence-corrected chi connectivity index (χ0v) is 15.1. The minimum Gasteiger partial charge on any atom is -0.256 e. The Morgan fingerprint density at radius 3 is 1.90 bits per heavy atom. The maximum atomic E-state index is 13.1. The van der Waals surface area contributed by atoms with Crippen molar-refractivity contribution in [3.05, 3.63) is 84.3 Å². The first-order valence-corrected chi connectivity index (χ1v) is 8.74. The molecule has 0 N–H and O–H groups in total. The summed E-state index contributed by atoms with van der Waals surface area (Å²) in [6, 6.07) is 16.7. The summed E-state index contributed by atoms with van der Waals surface area (Å²) in [7, 11) is 0. The number of pyridine rings is 2. The third-order valence-corrected chi connectivity index (χ3v) is 4.55. The van der Waals surface area contributed by atoms with Crippen molar-refractivity contribution in [3.63, 3.8) is 0 Å². The van der Waals surface area contributed by atoms with Crippen molar-refractivity contribution in [2.45, 2.75) is 12.4 Å². The molecule has 0 amide bonds. The van der Waals surface area contributed by atoms with Crippen molar-refractivity contribution in [3.8, 4) is 22.4 Å². The molecule has 0 saturated carbocycles. The standard InChI is InChI=1S/C22H12F6N2/c23-21(24,25)18-11-16(12-19(30-18)22(26,27)28)14-5-3-6-15(10-14)20-17-7-2-1-4-13(17)8-9-29-20/h1-12H. The van der Waals surface area contributed by atoms with Gasteiger partial charge < -0.3 is 0 Å². The van der Waals surface area contributed by atoms with Crippen LogP contribution >= 0.6 is 0 Å². The Kier molecular flexibility index (Phi) is 4.72. The van der Waals surface area contributed by atoms with Crippen LogP contribution in [0.3, 0.4) is 0 Å². The van der Waals surface area contributed by atoms with Gasteiger partial charge in [0.05, 0.1) is 5.69 Å². The van der Waals surface area contributed by atoms with E-state index < -0.39 is 23.7 Å². The zero-order chi connectivity index (χ0) is 21.5. The third-order valence-electron chi connectivity index (χ3n) is 4.55. The highest BCUT2D eigenvalue weighted by atomic mass is 19.4. The van der Waals surface area contributed by atoms with Gasteiger partial charge in [0.1, 0.15) is 11.4 Å². The summed E-state index contributed by atoms with van der Waals surface area (Å²) in [5.41, 5.74) is -2.08. The lowest BCUT2D eigenvalue weighted by Gasteiger charge is -2.14. The average molecular weight is 418 g/mol. The molecular formula is C22H12F6N2. The first-order chi connectivity index (χ1) is 14.1. The second kappa shape index (κ2) is 7.12. The van der Waals surface area contributed by atoms with E-state index in [1.54, 1.807) is 18.3 Å². The molecule has 0 spiro atoms. The number of hydrogen-bond donors (Lipinski definition) is 0. The van der Waals surface area contributed by atoms with Crippen LogP contribution in [0.1, 0.15) is 11.4 Å². The highest BCUT2D eigenvalue weighted by Gasteiger charge is 2.38. The number of hydrogen-bond acceptors (Lipinski definition) is 2. The number of halogens is 6. The topological polar surface area (TPSA) is 25.8 Å². The summed E-state index contributed by atoms with van der Waals surface area (Å²) in [6.45, 7) is 0. The van der Waals surface area contributed by atoms with Crippen LogP contribution < -0.4 is 0 Å². The maximum absolute atomic E-state index is 13.1. The lowest BCUT2D eigenvalue weighted by atomic mass is 9.98. The van der Waals surface area contributed by atoms with Crippen molar-refractivity contribution in [2.24, 2.45) is 0 Å². The molecular weight excluding hydrogens is 406 g/mol. The molecule has 8 heteroatoms. The van der Waals surface area contributed by atoms with Gasteiger partial charge in [-0.3, -0.25) is 4.98 Å². The molecule has 0 radical (unpaired) electrons. The molecule has 4 rings (SSSR count). The highest BCUT2D eigenvalue weighted by molar-refractivity contribution is 5.95. The number of benzene rings is 2. The predicted octanol–water partition coefficient (Wildman–Crippen LogP) is 7.00. The van der Waals surface area contributed by atoms with Gasteiger partial charge in [0.2, 0.25) is 0 Å². The van der Waals surface area contributed by atoms with Crippen LogP contribution in [-0.4, -0.2) is 9.97 Å². The number of rotatable bonds is 2. The predicted molar refractivity (Wildman–Crippen MR) is 100 cm³/mol. The fraction of sp³-hybridized carbons (Fsp3) is 0.0909. The molecule has 0 fully saturated rings. The third kappa shape index (κ3) is 3.85. The van der Waals surface area contributed by atoms with E-state index >= 15 is 0 Å². The molecule has 152 valence electrons. The molecule has 30 heavy (non-hydrogen) atoms. The number of aromatic nitrogens is 2. The van der Waals surface area contributed by atoms with Gasteiger partial charge in [-0.1, -0.05) is 42.5 Å². The zero-order valence-electron chi connectivity index (χ0n) is 15.1. The number of fused-ring (bicyclic) bond motifs is 1. The van der Waals surface area contributed by atoms with Crippen LogP contribution in [0, 0.1) is 0 Å². The fourth-order valence-corrected chi connectivity index (χ4v) is 3.18. The van der Waals surface area contributed by atoms with Crippen LogP contribution in [0.5, 0.6) is 0 Å². The van der Waals surface area contributed by atoms with Gasteiger partial charge in [-0.05, 0) is 40.8 Å². The summed E-state index contributed by atoms with van der Waals surface area (Å²) in [5, 5.41) is 1.73. The lowest BCUT2D eigenvalue weighted by molar-refractivity contribution is -0.150. The van der Waals surface area contributed by atoms with E-state index in [0.717, 1.165) is 10.8 Å². The number of alkyl halides is 6. The molecule has 0 aliphatic rings.